The fourth-order valence-corrected chi connectivity index (χ4v) is 3.73. The van der Waals surface area contributed by atoms with Crippen LogP contribution >= 0.6 is 0 Å². The second-order valence-electron chi connectivity index (χ2n) is 8.16. The van der Waals surface area contributed by atoms with E-state index in [2.05, 4.69) is 32.2 Å². The second-order valence-corrected chi connectivity index (χ2v) is 8.16. The maximum absolute atomic E-state index is 13.2. The first-order valence-electron chi connectivity index (χ1n) is 11.3. The van der Waals surface area contributed by atoms with Gasteiger partial charge in [0.1, 0.15) is 24.7 Å². The summed E-state index contributed by atoms with van der Waals surface area (Å²) in [6.07, 6.45) is 4.86. The number of anilines is 1. The Hall–Kier alpha value is -4.97. The molecule has 0 fully saturated rings. The van der Waals surface area contributed by atoms with Gasteiger partial charge in [-0.25, -0.2) is 9.67 Å². The molecule has 0 saturated heterocycles. The van der Waals surface area contributed by atoms with Crippen LogP contribution < -0.4 is 15.0 Å². The van der Waals surface area contributed by atoms with Crippen LogP contribution in [0.25, 0.3) is 0 Å². The highest BCUT2D eigenvalue weighted by atomic mass is 16.5. The third-order valence-electron chi connectivity index (χ3n) is 5.60. The number of benzene rings is 2. The molecule has 0 unspecified atom stereocenters. The van der Waals surface area contributed by atoms with E-state index in [9.17, 15) is 9.59 Å². The summed E-state index contributed by atoms with van der Waals surface area (Å²) in [5, 5.41) is 6.94. The van der Waals surface area contributed by atoms with Gasteiger partial charge in [-0.3, -0.25) is 14.6 Å². The Morgan fingerprint density at radius 1 is 1.11 bits per heavy atom. The van der Waals surface area contributed by atoms with Crippen LogP contribution in [0.2, 0.25) is 0 Å². The number of aromatic nitrogens is 4. The molecular formula is C27H22N6O3. The van der Waals surface area contributed by atoms with E-state index in [1.807, 2.05) is 48.5 Å². The number of pyridine rings is 1. The summed E-state index contributed by atoms with van der Waals surface area (Å²) in [6, 6.07) is 17.9. The van der Waals surface area contributed by atoms with Crippen LogP contribution in [0.1, 0.15) is 27.3 Å². The molecule has 2 amide bonds. The van der Waals surface area contributed by atoms with Crippen LogP contribution in [0, 0.1) is 11.8 Å². The van der Waals surface area contributed by atoms with Gasteiger partial charge >= 0.3 is 0 Å². The van der Waals surface area contributed by atoms with E-state index in [-0.39, 0.29) is 18.3 Å². The summed E-state index contributed by atoms with van der Waals surface area (Å²) in [6.45, 7) is 0.462. The normalized spacial score (nSPS) is 14.6. The molecular weight excluding hydrogens is 456 g/mol. The standard InChI is InChI=1S/C27H22N6O3/c1-32-23-14-19(9-10-20-8-5-13-28-15-20)11-12-24(23)36-17-22(27(32)35)30-26(34)25-29-18-33(31-25)16-21-6-3-2-4-7-21/h2-8,11-15,18,22H,16-17H2,1H3,(H,30,34)/t22-/m0/s1. The fraction of sp³-hybridized carbons (Fsp3) is 0.148. The molecule has 0 bridgehead atoms. The van der Waals surface area contributed by atoms with Crippen molar-refractivity contribution in [3.05, 3.63) is 102 Å². The smallest absolute Gasteiger partial charge is 0.291 e. The average Bonchev–Trinajstić information content (AvgIpc) is 3.35. The Morgan fingerprint density at radius 3 is 2.75 bits per heavy atom. The van der Waals surface area contributed by atoms with Crippen LogP contribution in [0.5, 0.6) is 5.75 Å². The van der Waals surface area contributed by atoms with Crippen molar-refractivity contribution >= 4 is 17.5 Å². The van der Waals surface area contributed by atoms with Gasteiger partial charge in [0, 0.05) is 30.6 Å². The molecule has 1 aliphatic rings. The quantitative estimate of drug-likeness (QED) is 0.452. The lowest BCUT2D eigenvalue weighted by Crippen LogP contribution is -2.49. The van der Waals surface area contributed by atoms with Crippen molar-refractivity contribution in [3.8, 4) is 17.6 Å². The minimum atomic E-state index is -0.902. The molecule has 9 heteroatoms. The minimum Gasteiger partial charge on any atom is -0.489 e. The van der Waals surface area contributed by atoms with Crippen molar-refractivity contribution in [3.63, 3.8) is 0 Å². The van der Waals surface area contributed by atoms with Crippen molar-refractivity contribution in [1.82, 2.24) is 25.1 Å². The van der Waals surface area contributed by atoms with Crippen LogP contribution in [0.3, 0.4) is 0 Å². The van der Waals surface area contributed by atoms with E-state index < -0.39 is 11.9 Å². The first-order chi connectivity index (χ1) is 17.6. The molecule has 0 saturated carbocycles. The Labute approximate surface area is 207 Å². The second kappa shape index (κ2) is 10.1. The van der Waals surface area contributed by atoms with Gasteiger partial charge in [-0.15, -0.1) is 5.10 Å². The molecule has 1 aliphatic heterocycles. The summed E-state index contributed by atoms with van der Waals surface area (Å²) in [5.41, 5.74) is 3.11. The Morgan fingerprint density at radius 2 is 1.94 bits per heavy atom. The molecule has 0 radical (unpaired) electrons. The fourth-order valence-electron chi connectivity index (χ4n) is 3.73. The van der Waals surface area contributed by atoms with Gasteiger partial charge < -0.3 is 15.0 Å². The van der Waals surface area contributed by atoms with Crippen molar-refractivity contribution in [1.29, 1.82) is 0 Å². The third kappa shape index (κ3) is 5.08. The number of hydrogen-bond donors (Lipinski definition) is 1. The molecule has 4 aromatic rings. The molecule has 2 aromatic carbocycles. The number of nitrogens with zero attached hydrogens (tertiary/aromatic N) is 5. The average molecular weight is 479 g/mol. The van der Waals surface area contributed by atoms with Crippen LogP contribution in [-0.2, 0) is 11.3 Å². The molecule has 3 heterocycles. The molecule has 0 spiro atoms. The van der Waals surface area contributed by atoms with Crippen LogP contribution in [-0.4, -0.2) is 51.3 Å². The molecule has 0 aliphatic carbocycles. The van der Waals surface area contributed by atoms with Crippen molar-refractivity contribution < 1.29 is 14.3 Å². The van der Waals surface area contributed by atoms with Gasteiger partial charge in [-0.05, 0) is 35.9 Å². The molecule has 2 aromatic heterocycles. The maximum Gasteiger partial charge on any atom is 0.291 e. The van der Waals surface area contributed by atoms with Gasteiger partial charge in [-0.2, -0.15) is 0 Å². The minimum absolute atomic E-state index is 0.0175. The van der Waals surface area contributed by atoms with E-state index >= 15 is 0 Å². The zero-order valence-corrected chi connectivity index (χ0v) is 19.5. The first-order valence-corrected chi connectivity index (χ1v) is 11.3. The van der Waals surface area contributed by atoms with E-state index in [0.717, 1.165) is 16.7 Å². The molecule has 5 rings (SSSR count). The number of carbonyl (C=O) groups excluding carboxylic acids is 2. The maximum atomic E-state index is 13.2. The van der Waals surface area contributed by atoms with Crippen molar-refractivity contribution in [2.75, 3.05) is 18.6 Å². The van der Waals surface area contributed by atoms with E-state index in [1.54, 1.807) is 36.3 Å². The number of ether oxygens (including phenoxy) is 1. The number of amides is 2. The summed E-state index contributed by atoms with van der Waals surface area (Å²) in [4.78, 5) is 35.6. The number of fused-ring (bicyclic) bond motifs is 1. The molecule has 36 heavy (non-hydrogen) atoms. The predicted octanol–water partition coefficient (Wildman–Crippen LogP) is 2.27. The number of rotatable bonds is 4. The predicted molar refractivity (Wildman–Crippen MR) is 132 cm³/mol. The van der Waals surface area contributed by atoms with Gasteiger partial charge in [0.05, 0.1) is 12.2 Å². The number of hydrogen-bond acceptors (Lipinski definition) is 6. The van der Waals surface area contributed by atoms with Gasteiger partial charge in [0.15, 0.2) is 0 Å². The molecule has 1 atom stereocenters. The van der Waals surface area contributed by atoms with Crippen LogP contribution in [0.15, 0.2) is 79.4 Å². The van der Waals surface area contributed by atoms with Crippen molar-refractivity contribution in [2.24, 2.45) is 0 Å². The largest absolute Gasteiger partial charge is 0.489 e. The molecule has 9 nitrogen and oxygen atoms in total. The number of nitrogens with one attached hydrogen (secondary N) is 1. The van der Waals surface area contributed by atoms with Gasteiger partial charge in [0.2, 0.25) is 5.82 Å². The summed E-state index contributed by atoms with van der Waals surface area (Å²) < 4.78 is 7.43. The summed E-state index contributed by atoms with van der Waals surface area (Å²) in [7, 11) is 1.64. The highest BCUT2D eigenvalue weighted by molar-refractivity contribution is 6.02. The number of likely N-dealkylation sites (N-methyl/N-ethyl adjacent to an activating group) is 1. The lowest BCUT2D eigenvalue weighted by atomic mass is 10.1. The Kier molecular flexibility index (Phi) is 6.40. The number of carbonyl (C=O) groups is 2. The highest BCUT2D eigenvalue weighted by Gasteiger charge is 2.31. The highest BCUT2D eigenvalue weighted by Crippen LogP contribution is 2.31. The lowest BCUT2D eigenvalue weighted by molar-refractivity contribution is -0.120. The summed E-state index contributed by atoms with van der Waals surface area (Å²) >= 11 is 0. The van der Waals surface area contributed by atoms with Crippen LogP contribution in [0.4, 0.5) is 5.69 Å². The zero-order chi connectivity index (χ0) is 24.9. The SMILES string of the molecule is CN1C(=O)[C@@H](NC(=O)c2ncn(Cc3ccccc3)n2)COc2ccc(C#Cc3cccnc3)cc21. The zero-order valence-electron chi connectivity index (χ0n) is 19.5. The van der Waals surface area contributed by atoms with E-state index in [1.165, 1.54) is 11.2 Å². The topological polar surface area (TPSA) is 102 Å². The summed E-state index contributed by atoms with van der Waals surface area (Å²) in [5.74, 6) is 5.77. The first kappa shape index (κ1) is 22.8. The van der Waals surface area contributed by atoms with Gasteiger partial charge in [0.25, 0.3) is 11.8 Å². The van der Waals surface area contributed by atoms with Crippen molar-refractivity contribution in [2.45, 2.75) is 12.6 Å². The Bertz CT molecular complexity index is 1460. The monoisotopic (exact) mass is 478 g/mol. The van der Waals surface area contributed by atoms with Gasteiger partial charge in [-0.1, -0.05) is 42.2 Å². The molecule has 178 valence electrons. The molecule has 1 N–H and O–H groups in total. The van der Waals surface area contributed by atoms with E-state index in [4.69, 9.17) is 4.74 Å². The van der Waals surface area contributed by atoms with E-state index in [0.29, 0.717) is 18.0 Å². The Balaban J connectivity index is 1.28. The third-order valence-corrected chi connectivity index (χ3v) is 5.60. The lowest BCUT2D eigenvalue weighted by Gasteiger charge is -2.20.